The van der Waals surface area contributed by atoms with E-state index in [0.29, 0.717) is 12.3 Å². The molecular formula is C22H18FNO2S. The monoisotopic (exact) mass is 379 g/mol. The number of ether oxygens (including phenoxy) is 1. The van der Waals surface area contributed by atoms with E-state index in [2.05, 4.69) is 0 Å². The molecule has 3 nitrogen and oxygen atoms in total. The van der Waals surface area contributed by atoms with Crippen LogP contribution in [0.15, 0.2) is 78.9 Å². The molecule has 3 aromatic rings. The lowest BCUT2D eigenvalue weighted by Crippen LogP contribution is -2.31. The van der Waals surface area contributed by atoms with Crippen LogP contribution in [0.5, 0.6) is 11.5 Å². The maximum absolute atomic E-state index is 14.1. The van der Waals surface area contributed by atoms with Crippen LogP contribution in [0.3, 0.4) is 0 Å². The topological polar surface area (TPSA) is 29.5 Å². The minimum atomic E-state index is -0.487. The molecule has 136 valence electrons. The van der Waals surface area contributed by atoms with Crippen molar-refractivity contribution in [2.75, 3.05) is 12.3 Å². The molecule has 1 saturated heterocycles. The Kier molecular flexibility index (Phi) is 5.12. The lowest BCUT2D eigenvalue weighted by molar-refractivity contribution is 0.0755. The highest BCUT2D eigenvalue weighted by Crippen LogP contribution is 2.40. The molecule has 3 aromatic carbocycles. The average molecular weight is 379 g/mol. The van der Waals surface area contributed by atoms with Gasteiger partial charge in [0.2, 0.25) is 0 Å². The van der Waals surface area contributed by atoms with Crippen LogP contribution in [0.4, 0.5) is 4.39 Å². The van der Waals surface area contributed by atoms with Crippen molar-refractivity contribution in [3.8, 4) is 11.5 Å². The van der Waals surface area contributed by atoms with Gasteiger partial charge >= 0.3 is 0 Å². The number of amides is 1. The molecule has 0 N–H and O–H groups in total. The second-order valence-corrected chi connectivity index (χ2v) is 7.38. The summed E-state index contributed by atoms with van der Waals surface area (Å²) < 4.78 is 20.0. The molecule has 1 aliphatic heterocycles. The third-order valence-electron chi connectivity index (χ3n) is 4.38. The number of para-hydroxylation sites is 1. The van der Waals surface area contributed by atoms with E-state index < -0.39 is 5.82 Å². The molecule has 1 atom stereocenters. The summed E-state index contributed by atoms with van der Waals surface area (Å²) in [7, 11) is 0. The number of halogens is 1. The van der Waals surface area contributed by atoms with Crippen LogP contribution >= 0.6 is 11.8 Å². The first-order valence-corrected chi connectivity index (χ1v) is 9.77. The Morgan fingerprint density at radius 2 is 1.70 bits per heavy atom. The van der Waals surface area contributed by atoms with Crippen LogP contribution in [0.2, 0.25) is 0 Å². The zero-order chi connectivity index (χ0) is 18.6. The second-order valence-electron chi connectivity index (χ2n) is 6.19. The Morgan fingerprint density at radius 3 is 2.52 bits per heavy atom. The summed E-state index contributed by atoms with van der Waals surface area (Å²) >= 11 is 1.67. The van der Waals surface area contributed by atoms with Crippen molar-refractivity contribution in [2.45, 2.75) is 5.37 Å². The number of hydrogen-bond acceptors (Lipinski definition) is 3. The summed E-state index contributed by atoms with van der Waals surface area (Å²) in [6, 6.07) is 23.4. The average Bonchev–Trinajstić information content (AvgIpc) is 3.19. The molecule has 27 heavy (non-hydrogen) atoms. The van der Waals surface area contributed by atoms with Gasteiger partial charge in [0.1, 0.15) is 22.7 Å². The zero-order valence-electron chi connectivity index (χ0n) is 14.5. The van der Waals surface area contributed by atoms with Crippen molar-refractivity contribution in [2.24, 2.45) is 0 Å². The van der Waals surface area contributed by atoms with Gasteiger partial charge < -0.3 is 9.64 Å². The molecule has 0 radical (unpaired) electrons. The van der Waals surface area contributed by atoms with E-state index in [1.54, 1.807) is 28.8 Å². The first kappa shape index (κ1) is 17.6. The highest BCUT2D eigenvalue weighted by molar-refractivity contribution is 7.99. The molecule has 0 bridgehead atoms. The van der Waals surface area contributed by atoms with Crippen molar-refractivity contribution >= 4 is 17.7 Å². The van der Waals surface area contributed by atoms with Gasteiger partial charge in [0, 0.05) is 12.3 Å². The van der Waals surface area contributed by atoms with Gasteiger partial charge in [-0.25, -0.2) is 4.39 Å². The molecule has 0 saturated carbocycles. The van der Waals surface area contributed by atoms with E-state index in [4.69, 9.17) is 4.74 Å². The summed E-state index contributed by atoms with van der Waals surface area (Å²) in [4.78, 5) is 14.6. The van der Waals surface area contributed by atoms with Crippen molar-refractivity contribution in [3.05, 3.63) is 95.8 Å². The number of benzene rings is 3. The maximum atomic E-state index is 14.1. The number of nitrogens with zero attached hydrogens (tertiary/aromatic N) is 1. The number of thioether (sulfide) groups is 1. The van der Waals surface area contributed by atoms with Gasteiger partial charge in [-0.1, -0.05) is 42.5 Å². The van der Waals surface area contributed by atoms with Crippen LogP contribution in [0.1, 0.15) is 21.3 Å². The molecule has 0 aliphatic carbocycles. The lowest BCUT2D eigenvalue weighted by Gasteiger charge is -2.24. The number of hydrogen-bond donors (Lipinski definition) is 0. The molecule has 5 heteroatoms. The van der Waals surface area contributed by atoms with Gasteiger partial charge in [0.05, 0.1) is 5.56 Å². The van der Waals surface area contributed by atoms with E-state index in [-0.39, 0.29) is 16.8 Å². The molecule has 1 unspecified atom stereocenters. The number of carbonyl (C=O) groups excluding carboxylic acids is 1. The Hall–Kier alpha value is -2.79. The molecule has 4 rings (SSSR count). The quantitative estimate of drug-likeness (QED) is 0.599. The van der Waals surface area contributed by atoms with Crippen molar-refractivity contribution in [3.63, 3.8) is 0 Å². The fourth-order valence-corrected chi connectivity index (χ4v) is 4.35. The predicted octanol–water partition coefficient (Wildman–Crippen LogP) is 5.51. The van der Waals surface area contributed by atoms with E-state index in [9.17, 15) is 9.18 Å². The molecule has 0 spiro atoms. The van der Waals surface area contributed by atoms with E-state index in [1.807, 2.05) is 54.6 Å². The van der Waals surface area contributed by atoms with E-state index >= 15 is 0 Å². The molecule has 1 fully saturated rings. The number of rotatable bonds is 4. The Balaban J connectivity index is 1.58. The minimum Gasteiger partial charge on any atom is -0.457 e. The molecule has 1 heterocycles. The normalized spacial score (nSPS) is 16.3. The van der Waals surface area contributed by atoms with Crippen LogP contribution in [-0.4, -0.2) is 23.1 Å². The van der Waals surface area contributed by atoms with Gasteiger partial charge in [-0.2, -0.15) is 0 Å². The minimum absolute atomic E-state index is 0.113. The Bertz CT molecular complexity index is 948. The van der Waals surface area contributed by atoms with E-state index in [1.165, 1.54) is 12.1 Å². The third kappa shape index (κ3) is 3.83. The van der Waals surface area contributed by atoms with Crippen molar-refractivity contribution in [1.82, 2.24) is 4.90 Å². The summed E-state index contributed by atoms with van der Waals surface area (Å²) in [5, 5.41) is -0.156. The van der Waals surface area contributed by atoms with Crippen LogP contribution < -0.4 is 4.74 Å². The van der Waals surface area contributed by atoms with Gasteiger partial charge in [-0.3, -0.25) is 4.79 Å². The molecule has 0 aromatic heterocycles. The molecule has 1 aliphatic rings. The second kappa shape index (κ2) is 7.84. The first-order chi connectivity index (χ1) is 13.2. The van der Waals surface area contributed by atoms with Crippen LogP contribution in [0, 0.1) is 5.82 Å². The summed E-state index contributed by atoms with van der Waals surface area (Å²) in [6.45, 7) is 0.590. The van der Waals surface area contributed by atoms with Crippen molar-refractivity contribution < 1.29 is 13.9 Å². The predicted molar refractivity (Wildman–Crippen MR) is 106 cm³/mol. The molecule has 1 amide bonds. The van der Waals surface area contributed by atoms with Gasteiger partial charge in [0.25, 0.3) is 5.91 Å². The van der Waals surface area contributed by atoms with Gasteiger partial charge in [0.15, 0.2) is 0 Å². The largest absolute Gasteiger partial charge is 0.457 e. The summed E-state index contributed by atoms with van der Waals surface area (Å²) in [5.74, 6) is 1.52. The fraction of sp³-hybridized carbons (Fsp3) is 0.136. The van der Waals surface area contributed by atoms with E-state index in [0.717, 1.165) is 17.1 Å². The lowest BCUT2D eigenvalue weighted by atomic mass is 10.1. The van der Waals surface area contributed by atoms with Crippen LogP contribution in [0.25, 0.3) is 0 Å². The highest BCUT2D eigenvalue weighted by atomic mass is 32.2. The summed E-state index contributed by atoms with van der Waals surface area (Å²) in [6.07, 6.45) is 0. The molecular weight excluding hydrogens is 361 g/mol. The van der Waals surface area contributed by atoms with Gasteiger partial charge in [-0.05, 0) is 42.0 Å². The maximum Gasteiger partial charge on any atom is 0.258 e. The Labute approximate surface area is 161 Å². The first-order valence-electron chi connectivity index (χ1n) is 8.72. The summed E-state index contributed by atoms with van der Waals surface area (Å²) in [5.41, 5.74) is 1.08. The zero-order valence-corrected chi connectivity index (χ0v) is 15.4. The smallest absolute Gasteiger partial charge is 0.258 e. The van der Waals surface area contributed by atoms with Crippen LogP contribution in [-0.2, 0) is 0 Å². The van der Waals surface area contributed by atoms with Crippen molar-refractivity contribution in [1.29, 1.82) is 0 Å². The Morgan fingerprint density at radius 1 is 0.963 bits per heavy atom. The fourth-order valence-electron chi connectivity index (χ4n) is 3.10. The SMILES string of the molecule is O=C(c1ccccc1F)N1CCSC1c1cccc(Oc2ccccc2)c1. The highest BCUT2D eigenvalue weighted by Gasteiger charge is 2.32. The number of carbonyl (C=O) groups is 1. The third-order valence-corrected chi connectivity index (χ3v) is 5.64. The standard InChI is InChI=1S/C22H18FNO2S/c23-20-12-5-4-11-19(20)21(25)24-13-14-27-22(24)16-7-6-10-18(15-16)26-17-8-2-1-3-9-17/h1-12,15,22H,13-14H2. The van der Waals surface area contributed by atoms with Gasteiger partial charge in [-0.15, -0.1) is 11.8 Å².